The molecule has 2 N–H and O–H groups in total. The fourth-order valence-electron chi connectivity index (χ4n) is 3.70. The first-order valence-electron chi connectivity index (χ1n) is 9.58. The topological polar surface area (TPSA) is 84.1 Å². The molecule has 0 fully saturated rings. The molecule has 1 atom stereocenters. The van der Waals surface area contributed by atoms with E-state index in [0.29, 0.717) is 37.7 Å². The molecule has 148 valence electrons. The molecule has 2 aromatic rings. The van der Waals surface area contributed by atoms with E-state index in [1.807, 2.05) is 0 Å². The van der Waals surface area contributed by atoms with Crippen LogP contribution in [0.2, 0.25) is 0 Å². The SMILES string of the molecule is COCCNC(=O)CCc1nc2sc3c(c2c(=O)[nH]1)CC[C@@H](C(C)(C)C)C3. The second-order valence-corrected chi connectivity index (χ2v) is 9.43. The summed E-state index contributed by atoms with van der Waals surface area (Å²) in [4.78, 5) is 34.2. The molecule has 0 saturated heterocycles. The van der Waals surface area contributed by atoms with Gasteiger partial charge in [0.05, 0.1) is 12.0 Å². The first-order valence-corrected chi connectivity index (χ1v) is 10.4. The number of carbonyl (C=O) groups is 1. The number of amides is 1. The average molecular weight is 392 g/mol. The van der Waals surface area contributed by atoms with Crippen LogP contribution < -0.4 is 10.9 Å². The number of rotatable bonds is 6. The van der Waals surface area contributed by atoms with E-state index < -0.39 is 0 Å². The summed E-state index contributed by atoms with van der Waals surface area (Å²) >= 11 is 1.65. The molecular weight excluding hydrogens is 362 g/mol. The van der Waals surface area contributed by atoms with E-state index in [0.717, 1.165) is 29.5 Å². The van der Waals surface area contributed by atoms with Crippen LogP contribution >= 0.6 is 11.3 Å². The minimum atomic E-state index is -0.0681. The number of nitrogens with zero attached hydrogens (tertiary/aromatic N) is 1. The largest absolute Gasteiger partial charge is 0.383 e. The molecule has 2 aromatic heterocycles. The maximum absolute atomic E-state index is 12.7. The highest BCUT2D eigenvalue weighted by atomic mass is 32.1. The number of H-pyrrole nitrogens is 1. The molecule has 0 unspecified atom stereocenters. The van der Waals surface area contributed by atoms with E-state index in [1.165, 1.54) is 10.4 Å². The van der Waals surface area contributed by atoms with Crippen LogP contribution in [0.4, 0.5) is 0 Å². The van der Waals surface area contributed by atoms with Crippen LogP contribution in [0, 0.1) is 11.3 Å². The zero-order chi connectivity index (χ0) is 19.6. The number of hydrogen-bond acceptors (Lipinski definition) is 5. The number of aromatic amines is 1. The lowest BCUT2D eigenvalue weighted by molar-refractivity contribution is -0.121. The number of hydrogen-bond donors (Lipinski definition) is 2. The highest BCUT2D eigenvalue weighted by Crippen LogP contribution is 2.41. The quantitative estimate of drug-likeness (QED) is 0.742. The van der Waals surface area contributed by atoms with Gasteiger partial charge in [-0.05, 0) is 36.2 Å². The second-order valence-electron chi connectivity index (χ2n) is 8.35. The Balaban J connectivity index is 1.76. The van der Waals surface area contributed by atoms with E-state index in [-0.39, 0.29) is 16.9 Å². The highest BCUT2D eigenvalue weighted by molar-refractivity contribution is 7.18. The van der Waals surface area contributed by atoms with Crippen molar-refractivity contribution in [2.75, 3.05) is 20.3 Å². The number of nitrogens with one attached hydrogen (secondary N) is 2. The first-order chi connectivity index (χ1) is 12.8. The van der Waals surface area contributed by atoms with Crippen molar-refractivity contribution in [2.24, 2.45) is 11.3 Å². The maximum atomic E-state index is 12.7. The number of aryl methyl sites for hydroxylation is 2. The van der Waals surface area contributed by atoms with Gasteiger partial charge in [-0.3, -0.25) is 9.59 Å². The molecule has 6 nitrogen and oxygen atoms in total. The summed E-state index contributed by atoms with van der Waals surface area (Å²) in [6.07, 6.45) is 3.82. The van der Waals surface area contributed by atoms with E-state index >= 15 is 0 Å². The van der Waals surface area contributed by atoms with Gasteiger partial charge in [-0.25, -0.2) is 4.98 Å². The van der Waals surface area contributed by atoms with E-state index in [4.69, 9.17) is 4.74 Å². The van der Waals surface area contributed by atoms with E-state index in [1.54, 1.807) is 18.4 Å². The molecule has 7 heteroatoms. The van der Waals surface area contributed by atoms with Gasteiger partial charge >= 0.3 is 0 Å². The monoisotopic (exact) mass is 391 g/mol. The zero-order valence-corrected chi connectivity index (χ0v) is 17.4. The standard InChI is InChI=1S/C20H29N3O3S/c1-20(2,3)12-5-6-13-14(11-12)27-19-17(13)18(25)22-15(23-19)7-8-16(24)21-9-10-26-4/h12H,5-11H2,1-4H3,(H,21,24)(H,22,23,25)/t12-/m1/s1. The lowest BCUT2D eigenvalue weighted by Gasteiger charge is -2.33. The second kappa shape index (κ2) is 8.10. The molecular formula is C20H29N3O3S. The molecule has 1 aliphatic carbocycles. The minimum absolute atomic E-state index is 0.0618. The molecule has 1 amide bonds. The van der Waals surface area contributed by atoms with Gasteiger partial charge in [0.1, 0.15) is 10.7 Å². The van der Waals surface area contributed by atoms with Crippen molar-refractivity contribution in [3.8, 4) is 0 Å². The van der Waals surface area contributed by atoms with Crippen LogP contribution in [-0.2, 0) is 28.8 Å². The smallest absolute Gasteiger partial charge is 0.259 e. The number of thiophene rings is 1. The molecule has 2 heterocycles. The summed E-state index contributed by atoms with van der Waals surface area (Å²) in [7, 11) is 1.60. The van der Waals surface area contributed by atoms with Crippen molar-refractivity contribution in [1.82, 2.24) is 15.3 Å². The van der Waals surface area contributed by atoms with Gasteiger partial charge in [-0.2, -0.15) is 0 Å². The van der Waals surface area contributed by atoms with Crippen LogP contribution in [0.1, 0.15) is 49.9 Å². The average Bonchev–Trinajstić information content (AvgIpc) is 2.97. The summed E-state index contributed by atoms with van der Waals surface area (Å²) in [5.74, 6) is 1.15. The number of methoxy groups -OCH3 is 1. The third kappa shape index (κ3) is 4.58. The third-order valence-electron chi connectivity index (χ3n) is 5.41. The molecule has 3 rings (SSSR count). The lowest BCUT2D eigenvalue weighted by Crippen LogP contribution is -2.27. The number of ether oxygens (including phenoxy) is 1. The number of aromatic nitrogens is 2. The summed E-state index contributed by atoms with van der Waals surface area (Å²) in [6, 6.07) is 0. The van der Waals surface area contributed by atoms with Crippen LogP contribution in [-0.4, -0.2) is 36.1 Å². The number of carbonyl (C=O) groups excluding carboxylic acids is 1. The Bertz CT molecular complexity index is 879. The van der Waals surface area contributed by atoms with Gasteiger partial charge < -0.3 is 15.0 Å². The molecule has 0 saturated carbocycles. The Kier molecular flexibility index (Phi) is 6.01. The third-order valence-corrected chi connectivity index (χ3v) is 6.56. The molecule has 0 radical (unpaired) electrons. The Morgan fingerprint density at radius 3 is 2.89 bits per heavy atom. The van der Waals surface area contributed by atoms with Gasteiger partial charge in [0.25, 0.3) is 5.56 Å². The Hall–Kier alpha value is -1.73. The van der Waals surface area contributed by atoms with Crippen LogP contribution in [0.5, 0.6) is 0 Å². The van der Waals surface area contributed by atoms with Crippen LogP contribution in [0.25, 0.3) is 10.2 Å². The number of fused-ring (bicyclic) bond motifs is 3. The van der Waals surface area contributed by atoms with Crippen LogP contribution in [0.15, 0.2) is 4.79 Å². The first kappa shape index (κ1) is 20.0. The molecule has 27 heavy (non-hydrogen) atoms. The molecule has 0 spiro atoms. The minimum Gasteiger partial charge on any atom is -0.383 e. The Morgan fingerprint density at radius 2 is 2.19 bits per heavy atom. The summed E-state index contributed by atoms with van der Waals surface area (Å²) < 4.78 is 4.91. The fourth-order valence-corrected chi connectivity index (χ4v) is 5.02. The van der Waals surface area contributed by atoms with Gasteiger partial charge in [0.2, 0.25) is 5.91 Å². The molecule has 0 bridgehead atoms. The van der Waals surface area contributed by atoms with Gasteiger partial charge in [-0.1, -0.05) is 20.8 Å². The summed E-state index contributed by atoms with van der Waals surface area (Å²) in [5.41, 5.74) is 1.39. The van der Waals surface area contributed by atoms with E-state index in [9.17, 15) is 9.59 Å². The van der Waals surface area contributed by atoms with Gasteiger partial charge in [0, 0.05) is 31.4 Å². The predicted octanol–water partition coefficient (Wildman–Crippen LogP) is 2.83. The van der Waals surface area contributed by atoms with Crippen molar-refractivity contribution in [3.63, 3.8) is 0 Å². The lowest BCUT2D eigenvalue weighted by atomic mass is 9.72. The van der Waals surface area contributed by atoms with Gasteiger partial charge in [0.15, 0.2) is 0 Å². The van der Waals surface area contributed by atoms with Crippen molar-refractivity contribution in [3.05, 3.63) is 26.6 Å². The summed E-state index contributed by atoms with van der Waals surface area (Å²) in [6.45, 7) is 7.85. The maximum Gasteiger partial charge on any atom is 0.259 e. The van der Waals surface area contributed by atoms with Crippen molar-refractivity contribution < 1.29 is 9.53 Å². The molecule has 1 aliphatic rings. The highest BCUT2D eigenvalue weighted by Gasteiger charge is 2.31. The Labute approximate surface area is 163 Å². The van der Waals surface area contributed by atoms with Crippen molar-refractivity contribution in [2.45, 2.75) is 52.9 Å². The Morgan fingerprint density at radius 1 is 1.41 bits per heavy atom. The molecule has 0 aliphatic heterocycles. The van der Waals surface area contributed by atoms with Crippen molar-refractivity contribution in [1.29, 1.82) is 0 Å². The predicted molar refractivity (Wildman–Crippen MR) is 108 cm³/mol. The molecule has 0 aromatic carbocycles. The van der Waals surface area contributed by atoms with E-state index in [2.05, 4.69) is 36.1 Å². The van der Waals surface area contributed by atoms with Gasteiger partial charge in [-0.15, -0.1) is 11.3 Å². The normalized spacial score (nSPS) is 17.1. The zero-order valence-electron chi connectivity index (χ0n) is 16.6. The van der Waals surface area contributed by atoms with Crippen molar-refractivity contribution >= 4 is 27.5 Å². The van der Waals surface area contributed by atoms with Crippen LogP contribution in [0.3, 0.4) is 0 Å². The fraction of sp³-hybridized carbons (Fsp3) is 0.650. The summed E-state index contributed by atoms with van der Waals surface area (Å²) in [5, 5.41) is 3.54.